The van der Waals surface area contributed by atoms with Crippen molar-refractivity contribution in [3.05, 3.63) is 72.2 Å². The normalized spacial score (nSPS) is 12.4. The molecule has 130 valence electrons. The van der Waals surface area contributed by atoms with Gasteiger partial charge in [-0.05, 0) is 36.0 Å². The molecule has 25 heavy (non-hydrogen) atoms. The number of carbonyl (C=O) groups excluding carboxylic acids is 1. The van der Waals surface area contributed by atoms with Crippen LogP contribution in [0.2, 0.25) is 0 Å². The summed E-state index contributed by atoms with van der Waals surface area (Å²) in [7, 11) is 0. The summed E-state index contributed by atoms with van der Waals surface area (Å²) in [4.78, 5) is 16.8. The van der Waals surface area contributed by atoms with Gasteiger partial charge in [0, 0.05) is 18.9 Å². The van der Waals surface area contributed by atoms with E-state index < -0.39 is 0 Å². The van der Waals surface area contributed by atoms with Gasteiger partial charge in [0.25, 0.3) is 0 Å². The van der Waals surface area contributed by atoms with Gasteiger partial charge < -0.3 is 9.72 Å². The smallest absolute Gasteiger partial charge is 0.226 e. The highest BCUT2D eigenvalue weighted by molar-refractivity contribution is 5.78. The molecule has 0 saturated carbocycles. The molecular weight excluding hydrogens is 310 g/mol. The van der Waals surface area contributed by atoms with Crippen LogP contribution in [0.3, 0.4) is 0 Å². The zero-order valence-electron chi connectivity index (χ0n) is 14.9. The van der Waals surface area contributed by atoms with Crippen LogP contribution >= 0.6 is 0 Å². The van der Waals surface area contributed by atoms with E-state index in [-0.39, 0.29) is 5.91 Å². The molecule has 0 saturated heterocycles. The fraction of sp³-hybridized carbons (Fsp3) is 0.333. The number of nitrogens with one attached hydrogen (secondary N) is 1. The Labute approximate surface area is 148 Å². The van der Waals surface area contributed by atoms with Crippen LogP contribution in [-0.4, -0.2) is 21.8 Å². The minimum Gasteiger partial charge on any atom is -0.355 e. The van der Waals surface area contributed by atoms with Gasteiger partial charge in [-0.15, -0.1) is 0 Å². The molecule has 0 aliphatic heterocycles. The van der Waals surface area contributed by atoms with Gasteiger partial charge in [-0.25, -0.2) is 4.98 Å². The maximum Gasteiger partial charge on any atom is 0.226 e. The monoisotopic (exact) mass is 335 g/mol. The number of nitrogens with zero attached hydrogens (tertiary/aromatic N) is 2. The number of amides is 1. The maximum absolute atomic E-state index is 12.3. The first-order valence-corrected chi connectivity index (χ1v) is 8.85. The van der Waals surface area contributed by atoms with Gasteiger partial charge in [-0.3, -0.25) is 4.79 Å². The highest BCUT2D eigenvalue weighted by Gasteiger charge is 2.16. The highest BCUT2D eigenvalue weighted by atomic mass is 16.1. The van der Waals surface area contributed by atoms with Crippen LogP contribution in [0.25, 0.3) is 5.65 Å². The second-order valence-corrected chi connectivity index (χ2v) is 6.87. The number of carbonyl (C=O) groups is 1. The van der Waals surface area contributed by atoms with Crippen molar-refractivity contribution in [2.24, 2.45) is 11.8 Å². The van der Waals surface area contributed by atoms with Crippen molar-refractivity contribution < 1.29 is 4.79 Å². The Morgan fingerprint density at radius 3 is 2.60 bits per heavy atom. The first-order valence-electron chi connectivity index (χ1n) is 8.85. The van der Waals surface area contributed by atoms with Crippen LogP contribution in [0.1, 0.15) is 25.1 Å². The summed E-state index contributed by atoms with van der Waals surface area (Å²) in [6.07, 6.45) is 5.15. The lowest BCUT2D eigenvalue weighted by Gasteiger charge is -2.21. The minimum atomic E-state index is 0.0297. The molecule has 1 aromatic carbocycles. The molecule has 0 aliphatic rings. The van der Waals surface area contributed by atoms with E-state index in [1.54, 1.807) is 0 Å². The predicted molar refractivity (Wildman–Crippen MR) is 100 cm³/mol. The molecule has 0 bridgehead atoms. The molecule has 0 aliphatic carbocycles. The number of hydrogen-bond donors (Lipinski definition) is 1. The maximum atomic E-state index is 12.3. The average Bonchev–Trinajstić information content (AvgIpc) is 3.01. The van der Waals surface area contributed by atoms with E-state index >= 15 is 0 Å². The number of rotatable bonds is 7. The number of benzene rings is 1. The third-order valence-electron chi connectivity index (χ3n) is 4.60. The summed E-state index contributed by atoms with van der Waals surface area (Å²) >= 11 is 0. The zero-order valence-corrected chi connectivity index (χ0v) is 14.9. The Hall–Kier alpha value is -2.62. The summed E-state index contributed by atoms with van der Waals surface area (Å²) in [6.45, 7) is 5.11. The molecule has 2 heterocycles. The van der Waals surface area contributed by atoms with Crippen molar-refractivity contribution in [3.63, 3.8) is 0 Å². The Morgan fingerprint density at radius 2 is 1.88 bits per heavy atom. The molecule has 0 radical (unpaired) electrons. The predicted octanol–water partition coefficient (Wildman–Crippen LogP) is 3.51. The van der Waals surface area contributed by atoms with E-state index in [4.69, 9.17) is 0 Å². The summed E-state index contributed by atoms with van der Waals surface area (Å²) in [5.74, 6) is 0.963. The van der Waals surface area contributed by atoms with E-state index in [2.05, 4.69) is 48.4 Å². The van der Waals surface area contributed by atoms with Crippen LogP contribution in [0.4, 0.5) is 0 Å². The van der Waals surface area contributed by atoms with Gasteiger partial charge in [0.1, 0.15) is 5.65 Å². The summed E-state index contributed by atoms with van der Waals surface area (Å²) < 4.78 is 1.94. The van der Waals surface area contributed by atoms with Crippen molar-refractivity contribution in [1.82, 2.24) is 14.7 Å². The van der Waals surface area contributed by atoms with Crippen LogP contribution in [0.15, 0.2) is 60.9 Å². The molecular formula is C21H25N3O. The van der Waals surface area contributed by atoms with Crippen LogP contribution in [0, 0.1) is 11.8 Å². The van der Waals surface area contributed by atoms with Crippen molar-refractivity contribution in [2.75, 3.05) is 6.54 Å². The van der Waals surface area contributed by atoms with Gasteiger partial charge >= 0.3 is 0 Å². The van der Waals surface area contributed by atoms with Gasteiger partial charge in [-0.2, -0.15) is 0 Å². The molecule has 0 spiro atoms. The fourth-order valence-corrected chi connectivity index (χ4v) is 3.00. The Balaban J connectivity index is 1.56. The largest absolute Gasteiger partial charge is 0.355 e. The molecule has 4 nitrogen and oxygen atoms in total. The fourth-order valence-electron chi connectivity index (χ4n) is 3.00. The molecule has 3 rings (SSSR count). The number of hydrogen-bond acceptors (Lipinski definition) is 2. The second-order valence-electron chi connectivity index (χ2n) is 6.87. The van der Waals surface area contributed by atoms with E-state index in [9.17, 15) is 4.79 Å². The van der Waals surface area contributed by atoms with Crippen LogP contribution < -0.4 is 5.32 Å². The number of pyridine rings is 1. The van der Waals surface area contributed by atoms with Crippen molar-refractivity contribution >= 4 is 11.6 Å². The molecule has 1 N–H and O–H groups in total. The number of aromatic nitrogens is 2. The third kappa shape index (κ3) is 4.69. The lowest BCUT2D eigenvalue weighted by Crippen LogP contribution is -2.33. The summed E-state index contributed by atoms with van der Waals surface area (Å²) in [6, 6.07) is 16.3. The third-order valence-corrected chi connectivity index (χ3v) is 4.60. The first-order chi connectivity index (χ1) is 12.1. The standard InChI is InChI=1S/C21H25N3O/c1-16(2)18(12-17-8-4-3-5-9-17)14-22-21(25)13-19-15-24-11-7-6-10-20(24)23-19/h3-11,15-16,18H,12-14H2,1-2H3,(H,22,25)/t18-/m0/s1. The Morgan fingerprint density at radius 1 is 1.12 bits per heavy atom. The Kier molecular flexibility index (Phi) is 5.49. The van der Waals surface area contributed by atoms with E-state index in [0.29, 0.717) is 24.8 Å². The number of imidazole rings is 1. The zero-order chi connectivity index (χ0) is 17.6. The van der Waals surface area contributed by atoms with Gasteiger partial charge in [0.05, 0.1) is 12.1 Å². The Bertz CT molecular complexity index is 790. The SMILES string of the molecule is CC(C)[C@H](CNC(=O)Cc1cn2ccccc2n1)Cc1ccccc1. The van der Waals surface area contributed by atoms with Crippen molar-refractivity contribution in [3.8, 4) is 0 Å². The number of fused-ring (bicyclic) bond motifs is 1. The quantitative estimate of drug-likeness (QED) is 0.718. The molecule has 4 heteroatoms. The van der Waals surface area contributed by atoms with E-state index in [1.807, 2.05) is 41.1 Å². The van der Waals surface area contributed by atoms with E-state index in [1.165, 1.54) is 5.56 Å². The topological polar surface area (TPSA) is 46.4 Å². The lowest BCUT2D eigenvalue weighted by atomic mass is 9.89. The molecule has 1 atom stereocenters. The van der Waals surface area contributed by atoms with Gasteiger partial charge in [0.2, 0.25) is 5.91 Å². The summed E-state index contributed by atoms with van der Waals surface area (Å²) in [5.41, 5.74) is 2.98. The molecule has 2 aromatic heterocycles. The molecule has 0 fully saturated rings. The highest BCUT2D eigenvalue weighted by Crippen LogP contribution is 2.16. The van der Waals surface area contributed by atoms with Gasteiger partial charge in [-0.1, -0.05) is 50.2 Å². The average molecular weight is 335 g/mol. The minimum absolute atomic E-state index is 0.0297. The second kappa shape index (κ2) is 7.97. The molecule has 1 amide bonds. The first kappa shape index (κ1) is 17.2. The van der Waals surface area contributed by atoms with Crippen LogP contribution in [-0.2, 0) is 17.6 Å². The van der Waals surface area contributed by atoms with Crippen LogP contribution in [0.5, 0.6) is 0 Å². The lowest BCUT2D eigenvalue weighted by molar-refractivity contribution is -0.120. The molecule has 3 aromatic rings. The van der Waals surface area contributed by atoms with E-state index in [0.717, 1.165) is 17.8 Å². The van der Waals surface area contributed by atoms with Gasteiger partial charge in [0.15, 0.2) is 0 Å². The van der Waals surface area contributed by atoms with Crippen molar-refractivity contribution in [2.45, 2.75) is 26.7 Å². The summed E-state index contributed by atoms with van der Waals surface area (Å²) in [5, 5.41) is 3.09. The van der Waals surface area contributed by atoms with Crippen molar-refractivity contribution in [1.29, 1.82) is 0 Å². The molecule has 0 unspecified atom stereocenters.